The van der Waals surface area contributed by atoms with Crippen LogP contribution in [0.15, 0.2) is 76.9 Å². The van der Waals surface area contributed by atoms with E-state index in [-0.39, 0.29) is 18.2 Å². The number of ether oxygens (including phenoxy) is 2. The molecule has 8 nitrogen and oxygen atoms in total. The van der Waals surface area contributed by atoms with Crippen LogP contribution in [0.25, 0.3) is 0 Å². The number of aryl methyl sites for hydroxylation is 1. The van der Waals surface area contributed by atoms with Crippen molar-refractivity contribution in [3.8, 4) is 11.5 Å². The maximum atomic E-state index is 13.3. The summed E-state index contributed by atoms with van der Waals surface area (Å²) in [7, 11) is 0. The van der Waals surface area contributed by atoms with Crippen molar-refractivity contribution in [3.63, 3.8) is 0 Å². The molecule has 156 valence electrons. The number of thioether (sulfide) groups is 1. The van der Waals surface area contributed by atoms with Gasteiger partial charge in [0.25, 0.3) is 0 Å². The Morgan fingerprint density at radius 1 is 1.03 bits per heavy atom. The topological polar surface area (TPSA) is 83.2 Å². The monoisotopic (exact) mass is 433 g/mol. The molecule has 1 aliphatic heterocycles. The summed E-state index contributed by atoms with van der Waals surface area (Å²) in [5.41, 5.74) is 2.70. The van der Waals surface area contributed by atoms with Crippen LogP contribution in [0.5, 0.6) is 11.5 Å². The molecule has 0 radical (unpaired) electrons. The summed E-state index contributed by atoms with van der Waals surface area (Å²) in [6.45, 7) is 2.24. The number of anilines is 2. The number of fused-ring (bicyclic) bond motifs is 1. The first-order valence-electron chi connectivity index (χ1n) is 9.66. The van der Waals surface area contributed by atoms with E-state index in [1.165, 1.54) is 22.0 Å². The minimum absolute atomic E-state index is 0.118. The van der Waals surface area contributed by atoms with E-state index in [9.17, 15) is 4.79 Å². The third-order valence-corrected chi connectivity index (χ3v) is 5.71. The fourth-order valence-electron chi connectivity index (χ4n) is 3.26. The molecule has 0 atom stereocenters. The molecule has 0 spiro atoms. The van der Waals surface area contributed by atoms with Gasteiger partial charge in [-0.1, -0.05) is 41.6 Å². The molecule has 0 aliphatic carbocycles. The molecule has 0 saturated carbocycles. The minimum Gasteiger partial charge on any atom is -0.454 e. The van der Waals surface area contributed by atoms with E-state index in [1.807, 2.05) is 18.2 Å². The van der Waals surface area contributed by atoms with Crippen LogP contribution in [-0.4, -0.2) is 26.3 Å². The van der Waals surface area contributed by atoms with Gasteiger partial charge in [0.2, 0.25) is 17.8 Å². The summed E-state index contributed by atoms with van der Waals surface area (Å²) in [5, 5.41) is 12.1. The number of benzene rings is 2. The Morgan fingerprint density at radius 2 is 1.87 bits per heavy atom. The molecule has 1 aliphatic rings. The van der Waals surface area contributed by atoms with Crippen molar-refractivity contribution in [3.05, 3.63) is 88.5 Å². The third-order valence-electron chi connectivity index (χ3n) is 4.72. The highest BCUT2D eigenvalue weighted by Crippen LogP contribution is 2.34. The van der Waals surface area contributed by atoms with Crippen molar-refractivity contribution in [2.45, 2.75) is 17.8 Å². The van der Waals surface area contributed by atoms with Gasteiger partial charge in [0.15, 0.2) is 11.5 Å². The SMILES string of the molecule is Cc1cccc(CSc2nnc(Nc3ccc4c(c3)OCO4)c(=O)n2-n2cccc2)c1. The third kappa shape index (κ3) is 3.99. The molecule has 0 amide bonds. The molecule has 0 fully saturated rings. The fraction of sp³-hybridized carbons (Fsp3) is 0.136. The quantitative estimate of drug-likeness (QED) is 0.463. The van der Waals surface area contributed by atoms with E-state index in [4.69, 9.17) is 9.47 Å². The van der Waals surface area contributed by atoms with Crippen LogP contribution in [0.1, 0.15) is 11.1 Å². The Morgan fingerprint density at radius 3 is 2.71 bits per heavy atom. The lowest BCUT2D eigenvalue weighted by Crippen LogP contribution is -2.30. The van der Waals surface area contributed by atoms with Crippen LogP contribution in [0, 0.1) is 6.92 Å². The largest absolute Gasteiger partial charge is 0.454 e. The molecule has 3 heterocycles. The lowest BCUT2D eigenvalue weighted by molar-refractivity contribution is 0.174. The van der Waals surface area contributed by atoms with Crippen LogP contribution in [-0.2, 0) is 5.75 Å². The average molecular weight is 433 g/mol. The lowest BCUT2D eigenvalue weighted by Gasteiger charge is -2.14. The van der Waals surface area contributed by atoms with Crippen molar-refractivity contribution < 1.29 is 9.47 Å². The van der Waals surface area contributed by atoms with Crippen LogP contribution >= 0.6 is 11.8 Å². The number of hydrogen-bond acceptors (Lipinski definition) is 7. The van der Waals surface area contributed by atoms with Gasteiger partial charge in [-0.05, 0) is 36.8 Å². The highest BCUT2D eigenvalue weighted by Gasteiger charge is 2.17. The summed E-state index contributed by atoms with van der Waals surface area (Å²) in [6, 6.07) is 17.3. The van der Waals surface area contributed by atoms with Gasteiger partial charge in [-0.2, -0.15) is 4.68 Å². The van der Waals surface area contributed by atoms with E-state index >= 15 is 0 Å². The van der Waals surface area contributed by atoms with Gasteiger partial charge in [-0.3, -0.25) is 9.47 Å². The van der Waals surface area contributed by atoms with Crippen molar-refractivity contribution in [2.75, 3.05) is 12.1 Å². The molecule has 4 aromatic rings. The second kappa shape index (κ2) is 8.19. The number of hydrogen-bond donors (Lipinski definition) is 1. The predicted molar refractivity (Wildman–Crippen MR) is 118 cm³/mol. The first-order chi connectivity index (χ1) is 15.2. The normalized spacial score (nSPS) is 12.2. The van der Waals surface area contributed by atoms with Crippen molar-refractivity contribution >= 4 is 23.3 Å². The van der Waals surface area contributed by atoms with Crippen molar-refractivity contribution in [1.29, 1.82) is 0 Å². The molecule has 0 unspecified atom stereocenters. The van der Waals surface area contributed by atoms with Gasteiger partial charge < -0.3 is 14.8 Å². The standard InChI is InChI=1S/C22H19N5O3S/c1-15-5-4-6-16(11-15)13-31-22-25-24-20(21(28)27(22)26-9-2-3-10-26)23-17-7-8-18-19(12-17)30-14-29-18/h2-12H,13-14H2,1H3,(H,23,24). The van der Waals surface area contributed by atoms with Gasteiger partial charge in [0, 0.05) is 29.9 Å². The Bertz CT molecular complexity index is 1290. The first-order valence-corrected chi connectivity index (χ1v) is 10.6. The maximum Gasteiger partial charge on any atom is 0.316 e. The first kappa shape index (κ1) is 19.3. The van der Waals surface area contributed by atoms with E-state index in [0.29, 0.717) is 28.1 Å². The number of nitrogens with zero attached hydrogens (tertiary/aromatic N) is 4. The summed E-state index contributed by atoms with van der Waals surface area (Å²) in [4.78, 5) is 13.3. The zero-order valence-corrected chi connectivity index (χ0v) is 17.5. The van der Waals surface area contributed by atoms with Gasteiger partial charge in [-0.25, -0.2) is 0 Å². The summed E-state index contributed by atoms with van der Waals surface area (Å²) in [6.07, 6.45) is 3.59. The van der Waals surface area contributed by atoms with E-state index in [1.54, 1.807) is 35.3 Å². The molecule has 31 heavy (non-hydrogen) atoms. The molecule has 9 heteroatoms. The maximum absolute atomic E-state index is 13.3. The molecule has 0 saturated heterocycles. The Kier molecular flexibility index (Phi) is 5.09. The molecular weight excluding hydrogens is 414 g/mol. The number of aromatic nitrogens is 4. The molecule has 1 N–H and O–H groups in total. The zero-order valence-electron chi connectivity index (χ0n) is 16.7. The molecule has 5 rings (SSSR count). The Hall–Kier alpha value is -3.72. The highest BCUT2D eigenvalue weighted by molar-refractivity contribution is 7.98. The molecule has 0 bridgehead atoms. The van der Waals surface area contributed by atoms with Crippen molar-refractivity contribution in [1.82, 2.24) is 19.5 Å². The number of rotatable bonds is 6. The van der Waals surface area contributed by atoms with Crippen LogP contribution in [0.2, 0.25) is 0 Å². The van der Waals surface area contributed by atoms with Gasteiger partial charge >= 0.3 is 5.56 Å². The lowest BCUT2D eigenvalue weighted by atomic mass is 10.2. The summed E-state index contributed by atoms with van der Waals surface area (Å²) >= 11 is 1.46. The summed E-state index contributed by atoms with van der Waals surface area (Å²) < 4.78 is 13.9. The van der Waals surface area contributed by atoms with E-state index in [2.05, 4.69) is 40.6 Å². The van der Waals surface area contributed by atoms with Crippen LogP contribution in [0.4, 0.5) is 11.5 Å². The average Bonchev–Trinajstić information content (AvgIpc) is 3.46. The molecule has 2 aromatic carbocycles. The van der Waals surface area contributed by atoms with Crippen LogP contribution in [0.3, 0.4) is 0 Å². The smallest absolute Gasteiger partial charge is 0.316 e. The second-order valence-electron chi connectivity index (χ2n) is 6.98. The fourth-order valence-corrected chi connectivity index (χ4v) is 4.13. The van der Waals surface area contributed by atoms with Gasteiger partial charge in [0.1, 0.15) is 0 Å². The summed E-state index contributed by atoms with van der Waals surface area (Å²) in [5.74, 6) is 2.08. The highest BCUT2D eigenvalue weighted by atomic mass is 32.2. The van der Waals surface area contributed by atoms with Gasteiger partial charge in [-0.15, -0.1) is 10.2 Å². The minimum atomic E-state index is -0.310. The van der Waals surface area contributed by atoms with Gasteiger partial charge in [0.05, 0.1) is 0 Å². The van der Waals surface area contributed by atoms with Crippen molar-refractivity contribution in [2.24, 2.45) is 0 Å². The second-order valence-corrected chi connectivity index (χ2v) is 7.92. The van der Waals surface area contributed by atoms with E-state index in [0.717, 1.165) is 5.56 Å². The van der Waals surface area contributed by atoms with Crippen LogP contribution < -0.4 is 20.3 Å². The Labute approximate surface area is 182 Å². The molecular formula is C22H19N5O3S. The van der Waals surface area contributed by atoms with E-state index < -0.39 is 0 Å². The number of nitrogens with one attached hydrogen (secondary N) is 1. The zero-order chi connectivity index (χ0) is 21.2. The molecule has 2 aromatic heterocycles. The predicted octanol–water partition coefficient (Wildman–Crippen LogP) is 3.82. The Balaban J connectivity index is 1.47.